The predicted molar refractivity (Wildman–Crippen MR) is 101 cm³/mol. The molecule has 4 nitrogen and oxygen atoms in total. The number of nitrogens with one attached hydrogen (secondary N) is 1. The molecule has 1 amide bonds. The number of amides is 1. The Kier molecular flexibility index (Phi) is 5.80. The van der Waals surface area contributed by atoms with Crippen LogP contribution in [0.15, 0.2) is 60.0 Å². The molecule has 0 unspecified atom stereocenters. The Bertz CT molecular complexity index is 830. The van der Waals surface area contributed by atoms with Crippen molar-refractivity contribution in [3.63, 3.8) is 0 Å². The fraction of sp³-hybridized carbons (Fsp3) is 0.200. The molecule has 0 aliphatic rings. The molecule has 0 bridgehead atoms. The van der Waals surface area contributed by atoms with Gasteiger partial charge in [0.15, 0.2) is 0 Å². The molecular formula is C20H20N2O2S. The van der Waals surface area contributed by atoms with E-state index in [1.165, 1.54) is 0 Å². The normalized spacial score (nSPS) is 10.4. The fourth-order valence-electron chi connectivity index (χ4n) is 2.54. The molecule has 1 aromatic heterocycles. The van der Waals surface area contributed by atoms with Crippen molar-refractivity contribution in [2.45, 2.75) is 19.4 Å². The van der Waals surface area contributed by atoms with Gasteiger partial charge >= 0.3 is 0 Å². The Morgan fingerprint density at radius 1 is 1.12 bits per heavy atom. The Morgan fingerprint density at radius 3 is 2.68 bits per heavy atom. The summed E-state index contributed by atoms with van der Waals surface area (Å²) in [5, 5.41) is 5.90. The highest BCUT2D eigenvalue weighted by Crippen LogP contribution is 2.23. The van der Waals surface area contributed by atoms with E-state index in [9.17, 15) is 4.79 Å². The number of thiazole rings is 1. The van der Waals surface area contributed by atoms with Gasteiger partial charge in [-0.25, -0.2) is 4.98 Å². The lowest BCUT2D eigenvalue weighted by atomic mass is 10.1. The number of rotatable bonds is 7. The number of hydrogen-bond donors (Lipinski definition) is 1. The van der Waals surface area contributed by atoms with Crippen LogP contribution in [0.2, 0.25) is 0 Å². The smallest absolute Gasteiger partial charge is 0.220 e. The van der Waals surface area contributed by atoms with E-state index >= 15 is 0 Å². The van der Waals surface area contributed by atoms with E-state index in [2.05, 4.69) is 10.3 Å². The first-order chi connectivity index (χ1) is 12.3. The second-order valence-electron chi connectivity index (χ2n) is 5.60. The quantitative estimate of drug-likeness (QED) is 0.697. The Labute approximate surface area is 151 Å². The maximum Gasteiger partial charge on any atom is 0.220 e. The van der Waals surface area contributed by atoms with E-state index in [1.54, 1.807) is 18.4 Å². The SMILES string of the molecule is COc1ccccc1CCC(=O)NCc1csc(-c2ccccc2)n1. The summed E-state index contributed by atoms with van der Waals surface area (Å²) in [5.41, 5.74) is 3.02. The number of para-hydroxylation sites is 1. The van der Waals surface area contributed by atoms with E-state index in [1.807, 2.05) is 60.0 Å². The minimum atomic E-state index is 0.0140. The second kappa shape index (κ2) is 8.44. The highest BCUT2D eigenvalue weighted by molar-refractivity contribution is 7.13. The number of aromatic nitrogens is 1. The van der Waals surface area contributed by atoms with Gasteiger partial charge in [0, 0.05) is 17.4 Å². The summed E-state index contributed by atoms with van der Waals surface area (Å²) < 4.78 is 5.31. The molecule has 3 rings (SSSR count). The molecule has 3 aromatic rings. The van der Waals surface area contributed by atoms with E-state index in [0.29, 0.717) is 19.4 Å². The Balaban J connectivity index is 1.50. The van der Waals surface area contributed by atoms with Gasteiger partial charge in [-0.3, -0.25) is 4.79 Å². The molecule has 0 fully saturated rings. The molecule has 128 valence electrons. The molecule has 0 atom stereocenters. The van der Waals surface area contributed by atoms with Crippen LogP contribution in [0.25, 0.3) is 10.6 Å². The zero-order chi connectivity index (χ0) is 17.5. The van der Waals surface area contributed by atoms with Crippen LogP contribution in [0, 0.1) is 0 Å². The first-order valence-electron chi connectivity index (χ1n) is 8.14. The topological polar surface area (TPSA) is 51.2 Å². The lowest BCUT2D eigenvalue weighted by molar-refractivity contribution is -0.121. The third kappa shape index (κ3) is 4.67. The van der Waals surface area contributed by atoms with Crippen molar-refractivity contribution < 1.29 is 9.53 Å². The van der Waals surface area contributed by atoms with Crippen LogP contribution in [0.3, 0.4) is 0 Å². The van der Waals surface area contributed by atoms with Gasteiger partial charge in [-0.15, -0.1) is 11.3 Å². The van der Waals surface area contributed by atoms with Gasteiger partial charge in [0.05, 0.1) is 19.3 Å². The van der Waals surface area contributed by atoms with Crippen molar-refractivity contribution >= 4 is 17.2 Å². The average molecular weight is 352 g/mol. The number of ether oxygens (including phenoxy) is 1. The lowest BCUT2D eigenvalue weighted by Crippen LogP contribution is -2.23. The first-order valence-corrected chi connectivity index (χ1v) is 9.02. The fourth-order valence-corrected chi connectivity index (χ4v) is 3.36. The highest BCUT2D eigenvalue weighted by Gasteiger charge is 2.08. The maximum absolute atomic E-state index is 12.1. The van der Waals surface area contributed by atoms with Crippen LogP contribution >= 0.6 is 11.3 Å². The maximum atomic E-state index is 12.1. The average Bonchev–Trinajstić information content (AvgIpc) is 3.14. The highest BCUT2D eigenvalue weighted by atomic mass is 32.1. The van der Waals surface area contributed by atoms with Crippen LogP contribution < -0.4 is 10.1 Å². The summed E-state index contributed by atoms with van der Waals surface area (Å²) in [6.07, 6.45) is 1.08. The molecule has 0 spiro atoms. The molecule has 1 heterocycles. The van der Waals surface area contributed by atoms with Crippen molar-refractivity contribution in [3.8, 4) is 16.3 Å². The molecule has 0 saturated heterocycles. The molecule has 2 aromatic carbocycles. The van der Waals surface area contributed by atoms with Gasteiger partial charge in [-0.1, -0.05) is 48.5 Å². The summed E-state index contributed by atoms with van der Waals surface area (Å²) in [6.45, 7) is 0.452. The molecule has 0 aliphatic carbocycles. The van der Waals surface area contributed by atoms with Gasteiger partial charge in [-0.2, -0.15) is 0 Å². The van der Waals surface area contributed by atoms with Gasteiger partial charge in [0.25, 0.3) is 0 Å². The summed E-state index contributed by atoms with van der Waals surface area (Å²) in [5.74, 6) is 0.836. The molecule has 0 saturated carbocycles. The number of hydrogen-bond acceptors (Lipinski definition) is 4. The summed E-state index contributed by atoms with van der Waals surface area (Å²) in [4.78, 5) is 16.7. The van der Waals surface area contributed by atoms with E-state index in [0.717, 1.165) is 27.6 Å². The van der Waals surface area contributed by atoms with Crippen molar-refractivity contribution in [2.24, 2.45) is 0 Å². The molecule has 0 aliphatic heterocycles. The first kappa shape index (κ1) is 17.2. The minimum Gasteiger partial charge on any atom is -0.496 e. The number of aryl methyl sites for hydroxylation is 1. The minimum absolute atomic E-state index is 0.0140. The van der Waals surface area contributed by atoms with Crippen LogP contribution in [-0.2, 0) is 17.8 Å². The second-order valence-corrected chi connectivity index (χ2v) is 6.46. The van der Waals surface area contributed by atoms with Crippen LogP contribution in [-0.4, -0.2) is 18.0 Å². The van der Waals surface area contributed by atoms with Gasteiger partial charge in [0.1, 0.15) is 10.8 Å². The molecular weight excluding hydrogens is 332 g/mol. The van der Waals surface area contributed by atoms with E-state index < -0.39 is 0 Å². The zero-order valence-corrected chi connectivity index (χ0v) is 14.9. The van der Waals surface area contributed by atoms with Gasteiger partial charge in [-0.05, 0) is 18.1 Å². The number of methoxy groups -OCH3 is 1. The Hall–Kier alpha value is -2.66. The number of benzene rings is 2. The van der Waals surface area contributed by atoms with Gasteiger partial charge in [0.2, 0.25) is 5.91 Å². The molecule has 25 heavy (non-hydrogen) atoms. The number of nitrogens with zero attached hydrogens (tertiary/aromatic N) is 1. The third-order valence-electron chi connectivity index (χ3n) is 3.85. The van der Waals surface area contributed by atoms with E-state index in [4.69, 9.17) is 4.74 Å². The van der Waals surface area contributed by atoms with E-state index in [-0.39, 0.29) is 5.91 Å². The molecule has 0 radical (unpaired) electrons. The standard InChI is InChI=1S/C20H20N2O2S/c1-24-18-10-6-5-7-15(18)11-12-19(23)21-13-17-14-25-20(22-17)16-8-3-2-4-9-16/h2-10,14H,11-13H2,1H3,(H,21,23). The zero-order valence-electron chi connectivity index (χ0n) is 14.1. The number of carbonyl (C=O) groups is 1. The Morgan fingerprint density at radius 2 is 1.88 bits per heavy atom. The van der Waals surface area contributed by atoms with Gasteiger partial charge < -0.3 is 10.1 Å². The van der Waals surface area contributed by atoms with Crippen molar-refractivity contribution in [1.29, 1.82) is 0 Å². The summed E-state index contributed by atoms with van der Waals surface area (Å²) in [6, 6.07) is 17.8. The largest absolute Gasteiger partial charge is 0.496 e. The number of carbonyl (C=O) groups excluding carboxylic acids is 1. The summed E-state index contributed by atoms with van der Waals surface area (Å²) in [7, 11) is 1.64. The third-order valence-corrected chi connectivity index (χ3v) is 4.79. The van der Waals surface area contributed by atoms with Crippen molar-refractivity contribution in [3.05, 3.63) is 71.2 Å². The lowest BCUT2D eigenvalue weighted by Gasteiger charge is -2.08. The molecule has 5 heteroatoms. The molecule has 1 N–H and O–H groups in total. The monoisotopic (exact) mass is 352 g/mol. The van der Waals surface area contributed by atoms with Crippen LogP contribution in [0.1, 0.15) is 17.7 Å². The van der Waals surface area contributed by atoms with Crippen molar-refractivity contribution in [1.82, 2.24) is 10.3 Å². The van der Waals surface area contributed by atoms with Crippen LogP contribution in [0.5, 0.6) is 5.75 Å². The van der Waals surface area contributed by atoms with Crippen LogP contribution in [0.4, 0.5) is 0 Å². The summed E-state index contributed by atoms with van der Waals surface area (Å²) >= 11 is 1.59. The van der Waals surface area contributed by atoms with Crippen molar-refractivity contribution in [2.75, 3.05) is 7.11 Å². The predicted octanol–water partition coefficient (Wildman–Crippen LogP) is 4.07.